The lowest BCUT2D eigenvalue weighted by atomic mass is 10.1. The molecule has 4 rings (SSSR count). The van der Waals surface area contributed by atoms with Gasteiger partial charge in [-0.1, -0.05) is 18.2 Å². The van der Waals surface area contributed by atoms with E-state index in [-0.39, 0.29) is 11.4 Å². The van der Waals surface area contributed by atoms with E-state index >= 15 is 0 Å². The van der Waals surface area contributed by atoms with Crippen molar-refractivity contribution in [2.75, 3.05) is 21.3 Å². The van der Waals surface area contributed by atoms with Crippen molar-refractivity contribution in [2.45, 2.75) is 0 Å². The number of nitrogens with zero attached hydrogens (tertiary/aromatic N) is 2. The Labute approximate surface area is 184 Å². The van der Waals surface area contributed by atoms with E-state index in [1.165, 1.54) is 24.9 Å². The summed E-state index contributed by atoms with van der Waals surface area (Å²) in [6.45, 7) is 0. The quantitative estimate of drug-likeness (QED) is 0.441. The van der Waals surface area contributed by atoms with Crippen LogP contribution >= 0.6 is 0 Å². The van der Waals surface area contributed by atoms with Crippen LogP contribution in [0, 0.1) is 5.82 Å². The van der Waals surface area contributed by atoms with Crippen LogP contribution in [0.25, 0.3) is 28.7 Å². The summed E-state index contributed by atoms with van der Waals surface area (Å²) in [6.07, 6.45) is 3.20. The number of ether oxygens (including phenoxy) is 3. The predicted octanol–water partition coefficient (Wildman–Crippen LogP) is 4.72. The van der Waals surface area contributed by atoms with Gasteiger partial charge >= 0.3 is 0 Å². The fourth-order valence-electron chi connectivity index (χ4n) is 3.40. The molecule has 0 saturated carbocycles. The number of aromatic nitrogens is 2. The highest BCUT2D eigenvalue weighted by molar-refractivity contribution is 5.83. The number of fused-ring (bicyclic) bond motifs is 1. The summed E-state index contributed by atoms with van der Waals surface area (Å²) in [6, 6.07) is 16.7. The van der Waals surface area contributed by atoms with E-state index in [4.69, 9.17) is 14.2 Å². The Morgan fingerprint density at radius 3 is 2.22 bits per heavy atom. The first-order valence-corrected chi connectivity index (χ1v) is 9.81. The van der Waals surface area contributed by atoms with E-state index in [0.717, 1.165) is 0 Å². The first kappa shape index (κ1) is 21.1. The molecule has 0 unspecified atom stereocenters. The second-order valence-corrected chi connectivity index (χ2v) is 6.89. The topological polar surface area (TPSA) is 62.6 Å². The number of rotatable bonds is 6. The zero-order chi connectivity index (χ0) is 22.7. The maximum Gasteiger partial charge on any atom is 0.266 e. The third kappa shape index (κ3) is 3.92. The van der Waals surface area contributed by atoms with Crippen LogP contribution in [0.5, 0.6) is 17.2 Å². The Bertz CT molecular complexity index is 1360. The Hall–Kier alpha value is -4.13. The second kappa shape index (κ2) is 8.93. The van der Waals surface area contributed by atoms with Crippen LogP contribution in [0.1, 0.15) is 11.4 Å². The molecular weight excluding hydrogens is 411 g/mol. The second-order valence-electron chi connectivity index (χ2n) is 6.89. The molecule has 0 saturated heterocycles. The summed E-state index contributed by atoms with van der Waals surface area (Å²) in [7, 11) is 4.59. The highest BCUT2D eigenvalue weighted by Gasteiger charge is 2.15. The molecule has 6 nitrogen and oxygen atoms in total. The number of methoxy groups -OCH3 is 3. The lowest BCUT2D eigenvalue weighted by molar-refractivity contribution is 0.355. The van der Waals surface area contributed by atoms with Crippen LogP contribution in [0.15, 0.2) is 65.5 Å². The van der Waals surface area contributed by atoms with Crippen LogP contribution in [-0.4, -0.2) is 30.9 Å². The van der Waals surface area contributed by atoms with Gasteiger partial charge in [-0.2, -0.15) is 0 Å². The van der Waals surface area contributed by atoms with Gasteiger partial charge in [0.05, 0.1) is 37.9 Å². The Morgan fingerprint density at radius 2 is 1.56 bits per heavy atom. The maximum absolute atomic E-state index is 14.1. The molecule has 162 valence electrons. The number of benzene rings is 3. The van der Waals surface area contributed by atoms with Gasteiger partial charge in [0.1, 0.15) is 17.4 Å². The lowest BCUT2D eigenvalue weighted by Gasteiger charge is -2.14. The van der Waals surface area contributed by atoms with Crippen LogP contribution in [0.2, 0.25) is 0 Å². The van der Waals surface area contributed by atoms with Gasteiger partial charge in [-0.05, 0) is 48.6 Å². The molecule has 0 radical (unpaired) electrons. The average molecular weight is 432 g/mol. The van der Waals surface area contributed by atoms with Gasteiger partial charge in [0.2, 0.25) is 0 Å². The van der Waals surface area contributed by atoms with Crippen molar-refractivity contribution in [3.8, 4) is 22.9 Å². The Balaban J connectivity index is 1.98. The van der Waals surface area contributed by atoms with E-state index in [1.807, 2.05) is 0 Å². The fourth-order valence-corrected chi connectivity index (χ4v) is 3.40. The van der Waals surface area contributed by atoms with Crippen LogP contribution in [0.4, 0.5) is 4.39 Å². The zero-order valence-electron chi connectivity index (χ0n) is 17.8. The highest BCUT2D eigenvalue weighted by Crippen LogP contribution is 2.30. The minimum Gasteiger partial charge on any atom is -0.497 e. The molecular formula is C25H21FN2O4. The largest absolute Gasteiger partial charge is 0.497 e. The first-order valence-electron chi connectivity index (χ1n) is 9.81. The van der Waals surface area contributed by atoms with Crippen LogP contribution < -0.4 is 19.8 Å². The molecule has 0 aliphatic heterocycles. The fraction of sp³-hybridized carbons (Fsp3) is 0.120. The molecule has 0 aliphatic rings. The van der Waals surface area contributed by atoms with Crippen molar-refractivity contribution >= 4 is 23.1 Å². The standard InChI is InChI=1S/C25H21FN2O4/c1-30-18-11-9-17(10-12-18)28-24(13-8-16-6-4-5-7-20(16)26)27-21-15-23(32-3)22(31-2)14-19(21)25(28)29/h4-15H,1-3H3/b13-8+. The van der Waals surface area contributed by atoms with Crippen molar-refractivity contribution < 1.29 is 18.6 Å². The molecule has 0 atom stereocenters. The molecule has 0 bridgehead atoms. The van der Waals surface area contributed by atoms with Crippen molar-refractivity contribution in [3.63, 3.8) is 0 Å². The van der Waals surface area contributed by atoms with Crippen molar-refractivity contribution in [3.05, 3.63) is 88.2 Å². The molecule has 4 aromatic rings. The lowest BCUT2D eigenvalue weighted by Crippen LogP contribution is -2.22. The minimum atomic E-state index is -0.366. The van der Waals surface area contributed by atoms with Gasteiger partial charge < -0.3 is 14.2 Å². The highest BCUT2D eigenvalue weighted by atomic mass is 19.1. The summed E-state index contributed by atoms with van der Waals surface area (Å²) in [5, 5.41) is 0.363. The van der Waals surface area contributed by atoms with Gasteiger partial charge in [-0.25, -0.2) is 9.37 Å². The first-order chi connectivity index (χ1) is 15.5. The number of halogens is 1. The average Bonchev–Trinajstić information content (AvgIpc) is 2.83. The molecule has 0 amide bonds. The van der Waals surface area contributed by atoms with Gasteiger partial charge in [0.25, 0.3) is 5.56 Å². The molecule has 1 heterocycles. The Morgan fingerprint density at radius 1 is 0.875 bits per heavy atom. The van der Waals surface area contributed by atoms with Crippen LogP contribution in [0.3, 0.4) is 0 Å². The van der Waals surface area contributed by atoms with E-state index < -0.39 is 0 Å². The van der Waals surface area contributed by atoms with Crippen molar-refractivity contribution in [1.82, 2.24) is 9.55 Å². The third-order valence-electron chi connectivity index (χ3n) is 5.05. The van der Waals surface area contributed by atoms with E-state index in [1.54, 1.807) is 73.9 Å². The molecule has 1 aromatic heterocycles. The summed E-state index contributed by atoms with van der Waals surface area (Å²) in [4.78, 5) is 18.2. The van der Waals surface area contributed by atoms with Crippen molar-refractivity contribution in [1.29, 1.82) is 0 Å². The molecule has 32 heavy (non-hydrogen) atoms. The normalized spacial score (nSPS) is 11.1. The number of hydrogen-bond acceptors (Lipinski definition) is 5. The minimum absolute atomic E-state index is 0.297. The third-order valence-corrected chi connectivity index (χ3v) is 5.05. The van der Waals surface area contributed by atoms with E-state index in [0.29, 0.717) is 45.2 Å². The number of hydrogen-bond donors (Lipinski definition) is 0. The van der Waals surface area contributed by atoms with Crippen molar-refractivity contribution in [2.24, 2.45) is 0 Å². The summed E-state index contributed by atoms with van der Waals surface area (Å²) < 4.78 is 31.5. The molecule has 0 N–H and O–H groups in total. The maximum atomic E-state index is 14.1. The van der Waals surface area contributed by atoms with Gasteiger partial charge in [0, 0.05) is 11.6 Å². The molecule has 7 heteroatoms. The van der Waals surface area contributed by atoms with Gasteiger partial charge in [-0.15, -0.1) is 0 Å². The molecule has 0 fully saturated rings. The summed E-state index contributed by atoms with van der Waals surface area (Å²) in [5.41, 5.74) is 1.11. The smallest absolute Gasteiger partial charge is 0.266 e. The summed E-state index contributed by atoms with van der Waals surface area (Å²) >= 11 is 0. The van der Waals surface area contributed by atoms with Gasteiger partial charge in [0.15, 0.2) is 11.5 Å². The van der Waals surface area contributed by atoms with Crippen LogP contribution in [-0.2, 0) is 0 Å². The zero-order valence-corrected chi connectivity index (χ0v) is 17.8. The predicted molar refractivity (Wildman–Crippen MR) is 122 cm³/mol. The molecule has 0 spiro atoms. The van der Waals surface area contributed by atoms with E-state index in [9.17, 15) is 9.18 Å². The molecule has 0 aliphatic carbocycles. The van der Waals surface area contributed by atoms with E-state index in [2.05, 4.69) is 4.98 Å². The van der Waals surface area contributed by atoms with Gasteiger partial charge in [-0.3, -0.25) is 9.36 Å². The SMILES string of the molecule is COc1ccc(-n2c(/C=C/c3ccccc3F)nc3cc(OC)c(OC)cc3c2=O)cc1. The monoisotopic (exact) mass is 432 g/mol. The summed E-state index contributed by atoms with van der Waals surface area (Å²) in [5.74, 6) is 1.51. The molecule has 3 aromatic carbocycles. The Kier molecular flexibility index (Phi) is 5.89.